The molecule has 0 radical (unpaired) electrons. The van der Waals surface area contributed by atoms with Crippen LogP contribution in [0.25, 0.3) is 0 Å². The maximum atomic E-state index is 6.00. The minimum absolute atomic E-state index is 0.00225. The SMILES string of the molecule is Cc1ccc(Oc2ccc(N3C(=S)NC(c4ccccn4)C3c3ccc(Br)s3)cc2)cc1. The Morgan fingerprint density at radius 1 is 0.969 bits per heavy atom. The quantitative estimate of drug-likeness (QED) is 0.281. The van der Waals surface area contributed by atoms with Gasteiger partial charge in [-0.1, -0.05) is 23.8 Å². The lowest BCUT2D eigenvalue weighted by molar-refractivity contribution is 0.482. The molecule has 1 saturated heterocycles. The molecule has 2 aromatic carbocycles. The monoisotopic (exact) mass is 521 g/mol. The Balaban J connectivity index is 1.46. The third-order valence-electron chi connectivity index (χ3n) is 5.36. The first-order valence-corrected chi connectivity index (χ1v) is 12.2. The normalized spacial score (nSPS) is 17.9. The van der Waals surface area contributed by atoms with Gasteiger partial charge in [0.1, 0.15) is 11.5 Å². The molecule has 3 heterocycles. The van der Waals surface area contributed by atoms with E-state index >= 15 is 0 Å². The fourth-order valence-electron chi connectivity index (χ4n) is 3.83. The fourth-order valence-corrected chi connectivity index (χ4v) is 5.72. The summed E-state index contributed by atoms with van der Waals surface area (Å²) in [5.41, 5.74) is 3.18. The van der Waals surface area contributed by atoms with E-state index in [0.29, 0.717) is 5.11 Å². The molecule has 7 heteroatoms. The Morgan fingerprint density at radius 2 is 1.69 bits per heavy atom. The van der Waals surface area contributed by atoms with Gasteiger partial charge in [-0.25, -0.2) is 0 Å². The van der Waals surface area contributed by atoms with Crippen molar-refractivity contribution >= 4 is 50.3 Å². The highest BCUT2D eigenvalue weighted by Gasteiger charge is 2.41. The number of benzene rings is 2. The molecule has 4 aromatic rings. The third kappa shape index (κ3) is 4.28. The zero-order chi connectivity index (χ0) is 22.1. The number of hydrogen-bond donors (Lipinski definition) is 1. The van der Waals surface area contributed by atoms with E-state index < -0.39 is 0 Å². The van der Waals surface area contributed by atoms with Crippen molar-refractivity contribution < 1.29 is 4.74 Å². The highest BCUT2D eigenvalue weighted by Crippen LogP contribution is 2.44. The molecular formula is C25H20BrN3OS2. The molecule has 32 heavy (non-hydrogen) atoms. The topological polar surface area (TPSA) is 37.4 Å². The van der Waals surface area contributed by atoms with E-state index in [1.807, 2.05) is 72.9 Å². The first kappa shape index (κ1) is 21.1. The number of aromatic nitrogens is 1. The molecule has 1 aliphatic heterocycles. The van der Waals surface area contributed by atoms with Gasteiger partial charge in [-0.05, 0) is 95.7 Å². The molecule has 1 N–H and O–H groups in total. The third-order valence-corrected chi connectivity index (χ3v) is 7.36. The number of thiocarbonyl (C=S) groups is 1. The van der Waals surface area contributed by atoms with Crippen LogP contribution in [0.5, 0.6) is 11.5 Å². The van der Waals surface area contributed by atoms with Crippen LogP contribution in [0.1, 0.15) is 28.2 Å². The van der Waals surface area contributed by atoms with Gasteiger partial charge in [-0.2, -0.15) is 0 Å². The number of anilines is 1. The number of hydrogen-bond acceptors (Lipinski definition) is 4. The summed E-state index contributed by atoms with van der Waals surface area (Å²) in [5.74, 6) is 1.60. The summed E-state index contributed by atoms with van der Waals surface area (Å²) in [5, 5.41) is 4.17. The van der Waals surface area contributed by atoms with Crippen LogP contribution >= 0.6 is 39.5 Å². The van der Waals surface area contributed by atoms with Crippen molar-refractivity contribution in [2.24, 2.45) is 0 Å². The number of ether oxygens (including phenoxy) is 1. The summed E-state index contributed by atoms with van der Waals surface area (Å²) in [6, 6.07) is 26.2. The first-order valence-electron chi connectivity index (χ1n) is 10.2. The molecule has 1 fully saturated rings. The summed E-state index contributed by atoms with van der Waals surface area (Å²) in [4.78, 5) is 7.97. The molecular weight excluding hydrogens is 502 g/mol. The minimum atomic E-state index is -0.0438. The number of thiophene rings is 1. The van der Waals surface area contributed by atoms with Gasteiger partial charge < -0.3 is 15.0 Å². The second-order valence-electron chi connectivity index (χ2n) is 7.55. The highest BCUT2D eigenvalue weighted by molar-refractivity contribution is 9.11. The van der Waals surface area contributed by atoms with Crippen LogP contribution in [0.2, 0.25) is 0 Å². The van der Waals surface area contributed by atoms with Crippen molar-refractivity contribution in [2.45, 2.75) is 19.0 Å². The number of halogens is 1. The van der Waals surface area contributed by atoms with Crippen molar-refractivity contribution in [1.29, 1.82) is 0 Å². The smallest absolute Gasteiger partial charge is 0.174 e. The predicted molar refractivity (Wildman–Crippen MR) is 138 cm³/mol. The zero-order valence-corrected chi connectivity index (χ0v) is 20.5. The highest BCUT2D eigenvalue weighted by atomic mass is 79.9. The molecule has 2 aromatic heterocycles. The van der Waals surface area contributed by atoms with Gasteiger partial charge in [0.15, 0.2) is 5.11 Å². The van der Waals surface area contributed by atoms with Crippen LogP contribution in [0.15, 0.2) is 88.8 Å². The van der Waals surface area contributed by atoms with Crippen LogP contribution in [0.4, 0.5) is 5.69 Å². The van der Waals surface area contributed by atoms with Crippen LogP contribution in [0, 0.1) is 6.92 Å². The average molecular weight is 522 g/mol. The summed E-state index contributed by atoms with van der Waals surface area (Å²) in [6.07, 6.45) is 1.82. The molecule has 0 saturated carbocycles. The molecule has 2 unspecified atom stereocenters. The van der Waals surface area contributed by atoms with Gasteiger partial charge in [-0.15, -0.1) is 11.3 Å². The van der Waals surface area contributed by atoms with Crippen LogP contribution in [-0.4, -0.2) is 10.1 Å². The zero-order valence-electron chi connectivity index (χ0n) is 17.2. The molecule has 4 nitrogen and oxygen atoms in total. The number of rotatable bonds is 5. The maximum absolute atomic E-state index is 6.00. The van der Waals surface area contributed by atoms with E-state index in [-0.39, 0.29) is 12.1 Å². The maximum Gasteiger partial charge on any atom is 0.174 e. The van der Waals surface area contributed by atoms with Crippen molar-refractivity contribution in [3.8, 4) is 11.5 Å². The second-order valence-corrected chi connectivity index (χ2v) is 10.4. The minimum Gasteiger partial charge on any atom is -0.457 e. The van der Waals surface area contributed by atoms with E-state index in [9.17, 15) is 0 Å². The van der Waals surface area contributed by atoms with Crippen LogP contribution < -0.4 is 15.0 Å². The lowest BCUT2D eigenvalue weighted by Crippen LogP contribution is -2.28. The lowest BCUT2D eigenvalue weighted by atomic mass is 10.0. The van der Waals surface area contributed by atoms with Crippen molar-refractivity contribution in [2.75, 3.05) is 4.90 Å². The fraction of sp³-hybridized carbons (Fsp3) is 0.120. The van der Waals surface area contributed by atoms with Gasteiger partial charge in [0.05, 0.1) is 21.6 Å². The van der Waals surface area contributed by atoms with E-state index in [4.69, 9.17) is 17.0 Å². The van der Waals surface area contributed by atoms with Gasteiger partial charge in [0.25, 0.3) is 0 Å². The van der Waals surface area contributed by atoms with E-state index in [1.165, 1.54) is 10.4 Å². The number of nitrogens with one attached hydrogen (secondary N) is 1. The number of aryl methyl sites for hydroxylation is 1. The van der Waals surface area contributed by atoms with Crippen LogP contribution in [-0.2, 0) is 0 Å². The Hall–Kier alpha value is -2.74. The number of pyridine rings is 1. The van der Waals surface area contributed by atoms with Crippen molar-refractivity contribution in [1.82, 2.24) is 10.3 Å². The predicted octanol–water partition coefficient (Wildman–Crippen LogP) is 7.18. The molecule has 160 valence electrons. The van der Waals surface area contributed by atoms with Gasteiger partial charge in [0.2, 0.25) is 0 Å². The number of nitrogens with zero attached hydrogens (tertiary/aromatic N) is 2. The van der Waals surface area contributed by atoms with E-state index in [2.05, 4.69) is 50.2 Å². The Bertz CT molecular complexity index is 1230. The summed E-state index contributed by atoms with van der Waals surface area (Å²) in [7, 11) is 0. The van der Waals surface area contributed by atoms with E-state index in [0.717, 1.165) is 26.7 Å². The van der Waals surface area contributed by atoms with E-state index in [1.54, 1.807) is 11.3 Å². The molecule has 5 rings (SSSR count). The summed E-state index contributed by atoms with van der Waals surface area (Å²) in [6.45, 7) is 2.06. The molecule has 1 aliphatic rings. The standard InChI is InChI=1S/C25H20BrN3OS2/c1-16-5-9-18(10-6-16)30-19-11-7-17(8-12-19)29-24(21-13-14-22(26)32-21)23(28-25(29)31)20-4-2-3-15-27-20/h2-15,23-24H,1H3,(H,28,31). The molecule has 0 aliphatic carbocycles. The largest absolute Gasteiger partial charge is 0.457 e. The summed E-state index contributed by atoms with van der Waals surface area (Å²) >= 11 is 11.1. The molecule has 0 amide bonds. The lowest BCUT2D eigenvalue weighted by Gasteiger charge is -2.27. The Morgan fingerprint density at radius 3 is 2.31 bits per heavy atom. The molecule has 0 bridgehead atoms. The first-order chi connectivity index (χ1) is 15.6. The Labute approximate surface area is 205 Å². The summed E-state index contributed by atoms with van der Waals surface area (Å²) < 4.78 is 7.09. The average Bonchev–Trinajstić information content (AvgIpc) is 3.39. The molecule has 0 spiro atoms. The van der Waals surface area contributed by atoms with Gasteiger partial charge in [-0.3, -0.25) is 4.98 Å². The Kier molecular flexibility index (Phi) is 5.95. The van der Waals surface area contributed by atoms with Crippen molar-refractivity contribution in [3.63, 3.8) is 0 Å². The van der Waals surface area contributed by atoms with Gasteiger partial charge in [0, 0.05) is 16.8 Å². The second kappa shape index (κ2) is 9.02. The van der Waals surface area contributed by atoms with Crippen molar-refractivity contribution in [3.05, 3.63) is 105 Å². The van der Waals surface area contributed by atoms with Crippen LogP contribution in [0.3, 0.4) is 0 Å². The molecule has 2 atom stereocenters. The van der Waals surface area contributed by atoms with Gasteiger partial charge >= 0.3 is 0 Å².